The summed E-state index contributed by atoms with van der Waals surface area (Å²) in [5, 5.41) is 9.01. The van der Waals surface area contributed by atoms with Gasteiger partial charge in [0.25, 0.3) is 0 Å². The molecule has 1 N–H and O–H groups in total. The zero-order valence-electron chi connectivity index (χ0n) is 12.5. The summed E-state index contributed by atoms with van der Waals surface area (Å²) in [6, 6.07) is 0. The molecule has 110 valence electrons. The van der Waals surface area contributed by atoms with Gasteiger partial charge in [0.05, 0.1) is 0 Å². The Hall–Kier alpha value is -1.16. The zero-order valence-corrected chi connectivity index (χ0v) is 12.5. The fourth-order valence-electron chi connectivity index (χ4n) is 3.54. The van der Waals surface area contributed by atoms with E-state index < -0.39 is 0 Å². The third-order valence-corrected chi connectivity index (χ3v) is 5.12. The largest absolute Gasteiger partial charge is 0.396 e. The lowest BCUT2D eigenvalue weighted by Crippen LogP contribution is -2.35. The van der Waals surface area contributed by atoms with E-state index >= 15 is 0 Å². The van der Waals surface area contributed by atoms with Gasteiger partial charge in [-0.15, -0.1) is 0 Å². The van der Waals surface area contributed by atoms with Crippen molar-refractivity contribution >= 4 is 5.95 Å². The van der Waals surface area contributed by atoms with Crippen LogP contribution in [0.1, 0.15) is 36.9 Å². The molecule has 0 aromatic carbocycles. The quantitative estimate of drug-likeness (QED) is 0.916. The Bertz CT molecular complexity index is 469. The molecule has 1 aromatic heterocycles. The van der Waals surface area contributed by atoms with Crippen molar-refractivity contribution < 1.29 is 5.11 Å². The van der Waals surface area contributed by atoms with Crippen LogP contribution in [0.25, 0.3) is 0 Å². The Morgan fingerprint density at radius 2 is 2.05 bits per heavy atom. The molecule has 1 aromatic rings. The van der Waals surface area contributed by atoms with Gasteiger partial charge >= 0.3 is 0 Å². The van der Waals surface area contributed by atoms with E-state index in [1.54, 1.807) is 0 Å². The fourth-order valence-corrected chi connectivity index (χ4v) is 3.54. The molecule has 4 nitrogen and oxygen atoms in total. The maximum Gasteiger partial charge on any atom is 0.225 e. The second-order valence-electron chi connectivity index (χ2n) is 6.43. The highest BCUT2D eigenvalue weighted by Gasteiger charge is 2.42. The Balaban J connectivity index is 1.55. The molecule has 20 heavy (non-hydrogen) atoms. The number of aromatic nitrogens is 2. The molecule has 0 spiro atoms. The van der Waals surface area contributed by atoms with E-state index in [1.807, 2.05) is 6.20 Å². The van der Waals surface area contributed by atoms with Crippen LogP contribution in [0.15, 0.2) is 6.20 Å². The number of aryl methyl sites for hydroxylation is 2. The van der Waals surface area contributed by atoms with Crippen molar-refractivity contribution in [3.05, 3.63) is 17.5 Å². The molecule has 4 heteroatoms. The van der Waals surface area contributed by atoms with Crippen molar-refractivity contribution in [2.75, 3.05) is 24.6 Å². The van der Waals surface area contributed by atoms with E-state index in [4.69, 9.17) is 5.11 Å². The van der Waals surface area contributed by atoms with Crippen molar-refractivity contribution in [1.82, 2.24) is 9.97 Å². The lowest BCUT2D eigenvalue weighted by atomic mass is 9.90. The van der Waals surface area contributed by atoms with Gasteiger partial charge in [-0.2, -0.15) is 0 Å². The number of hydrogen-bond donors (Lipinski definition) is 1. The van der Waals surface area contributed by atoms with E-state index in [0.717, 1.165) is 54.5 Å². The van der Waals surface area contributed by atoms with Crippen molar-refractivity contribution in [3.8, 4) is 0 Å². The number of anilines is 1. The number of aliphatic hydroxyl groups is 1. The second-order valence-corrected chi connectivity index (χ2v) is 6.43. The maximum atomic E-state index is 9.01. The number of rotatable bonds is 4. The van der Waals surface area contributed by atoms with Crippen LogP contribution in [0.4, 0.5) is 5.95 Å². The maximum absolute atomic E-state index is 9.01. The monoisotopic (exact) mass is 275 g/mol. The molecule has 3 rings (SSSR count). The Kier molecular flexibility index (Phi) is 3.92. The van der Waals surface area contributed by atoms with Crippen LogP contribution >= 0.6 is 0 Å². The minimum absolute atomic E-state index is 0.358. The zero-order chi connectivity index (χ0) is 14.1. The predicted molar refractivity (Wildman–Crippen MR) is 79.7 cm³/mol. The Labute approximate surface area is 121 Å². The number of aliphatic hydroxyl groups excluding tert-OH is 1. The molecule has 2 heterocycles. The predicted octanol–water partition coefficient (Wildman–Crippen LogP) is 2.33. The lowest BCUT2D eigenvalue weighted by molar-refractivity contribution is 0.266. The summed E-state index contributed by atoms with van der Waals surface area (Å²) in [5.41, 5.74) is 2.25. The smallest absolute Gasteiger partial charge is 0.225 e. The Morgan fingerprint density at radius 3 is 2.70 bits per heavy atom. The van der Waals surface area contributed by atoms with Gasteiger partial charge in [0.2, 0.25) is 5.95 Å². The van der Waals surface area contributed by atoms with Gasteiger partial charge < -0.3 is 10.0 Å². The summed E-state index contributed by atoms with van der Waals surface area (Å²) in [6.45, 7) is 6.62. The van der Waals surface area contributed by atoms with Gasteiger partial charge in [-0.1, -0.05) is 0 Å². The van der Waals surface area contributed by atoms with E-state index in [0.29, 0.717) is 6.61 Å². The highest BCUT2D eigenvalue weighted by molar-refractivity contribution is 5.33. The molecule has 2 unspecified atom stereocenters. The fraction of sp³-hybridized carbons (Fsp3) is 0.750. The molecule has 0 amide bonds. The highest BCUT2D eigenvalue weighted by atomic mass is 16.3. The van der Waals surface area contributed by atoms with E-state index in [9.17, 15) is 0 Å². The summed E-state index contributed by atoms with van der Waals surface area (Å²) in [6.07, 6.45) is 6.78. The molecule has 1 saturated carbocycles. The minimum atomic E-state index is 0.358. The molecule has 2 fully saturated rings. The molecule has 1 saturated heterocycles. The van der Waals surface area contributed by atoms with Gasteiger partial charge in [-0.05, 0) is 62.8 Å². The van der Waals surface area contributed by atoms with Crippen LogP contribution < -0.4 is 4.90 Å². The highest BCUT2D eigenvalue weighted by Crippen LogP contribution is 2.49. The van der Waals surface area contributed by atoms with E-state index in [2.05, 4.69) is 28.7 Å². The first kappa shape index (κ1) is 13.8. The molecular formula is C16H25N3O. The van der Waals surface area contributed by atoms with Crippen molar-refractivity contribution in [2.24, 2.45) is 17.8 Å². The number of nitrogens with zero attached hydrogens (tertiary/aromatic N) is 3. The van der Waals surface area contributed by atoms with Crippen LogP contribution in [-0.2, 0) is 0 Å². The van der Waals surface area contributed by atoms with Crippen molar-refractivity contribution in [2.45, 2.75) is 39.5 Å². The molecule has 2 aliphatic rings. The van der Waals surface area contributed by atoms with Crippen LogP contribution in [0.5, 0.6) is 0 Å². The molecule has 0 radical (unpaired) electrons. The summed E-state index contributed by atoms with van der Waals surface area (Å²) in [7, 11) is 0. The third-order valence-electron chi connectivity index (χ3n) is 5.12. The average Bonchev–Trinajstić information content (AvgIpc) is 3.22. The van der Waals surface area contributed by atoms with Crippen LogP contribution in [-0.4, -0.2) is 34.8 Å². The standard InChI is InChI=1S/C16H25N3O/c1-11-10-17-16(18-12(11)2)19-6-3-13(4-7-19)15-9-14(15)5-8-20/h10,13-15,20H,3-9H2,1-2H3. The molecular weight excluding hydrogens is 250 g/mol. The SMILES string of the molecule is Cc1cnc(N2CCC(C3CC3CCO)CC2)nc1C. The summed E-state index contributed by atoms with van der Waals surface area (Å²) in [4.78, 5) is 11.4. The summed E-state index contributed by atoms with van der Waals surface area (Å²) >= 11 is 0. The third kappa shape index (κ3) is 2.80. The van der Waals surface area contributed by atoms with Gasteiger partial charge in [0.15, 0.2) is 0 Å². The first-order chi connectivity index (χ1) is 9.69. The summed E-state index contributed by atoms with van der Waals surface area (Å²) < 4.78 is 0. The number of hydrogen-bond acceptors (Lipinski definition) is 4. The number of piperidine rings is 1. The van der Waals surface area contributed by atoms with Crippen LogP contribution in [0, 0.1) is 31.6 Å². The minimum Gasteiger partial charge on any atom is -0.396 e. The topological polar surface area (TPSA) is 49.2 Å². The summed E-state index contributed by atoms with van der Waals surface area (Å²) in [5.74, 6) is 3.43. The van der Waals surface area contributed by atoms with Gasteiger partial charge in [-0.3, -0.25) is 0 Å². The van der Waals surface area contributed by atoms with Crippen LogP contribution in [0.3, 0.4) is 0 Å². The first-order valence-corrected chi connectivity index (χ1v) is 7.85. The first-order valence-electron chi connectivity index (χ1n) is 7.85. The molecule has 1 aliphatic heterocycles. The average molecular weight is 275 g/mol. The van der Waals surface area contributed by atoms with Crippen molar-refractivity contribution in [1.29, 1.82) is 0 Å². The van der Waals surface area contributed by atoms with Crippen molar-refractivity contribution in [3.63, 3.8) is 0 Å². The van der Waals surface area contributed by atoms with E-state index in [-0.39, 0.29) is 0 Å². The normalized spacial score (nSPS) is 26.9. The van der Waals surface area contributed by atoms with Crippen LogP contribution in [0.2, 0.25) is 0 Å². The second kappa shape index (κ2) is 5.68. The molecule has 0 bridgehead atoms. The molecule has 2 atom stereocenters. The van der Waals surface area contributed by atoms with Gasteiger partial charge in [0, 0.05) is 31.6 Å². The van der Waals surface area contributed by atoms with Gasteiger partial charge in [-0.25, -0.2) is 9.97 Å². The lowest BCUT2D eigenvalue weighted by Gasteiger charge is -2.32. The van der Waals surface area contributed by atoms with E-state index in [1.165, 1.54) is 19.3 Å². The molecule has 1 aliphatic carbocycles. The Morgan fingerprint density at radius 1 is 1.30 bits per heavy atom. The van der Waals surface area contributed by atoms with Gasteiger partial charge in [0.1, 0.15) is 0 Å².